The van der Waals surface area contributed by atoms with E-state index in [1.165, 1.54) is 6.07 Å². The van der Waals surface area contributed by atoms with Gasteiger partial charge in [-0.05, 0) is 52.3 Å². The fourth-order valence-electron chi connectivity index (χ4n) is 1.45. The second-order valence-corrected chi connectivity index (χ2v) is 5.82. The number of rotatable bonds is 2. The van der Waals surface area contributed by atoms with Crippen LogP contribution in [0.4, 0.5) is 0 Å². The van der Waals surface area contributed by atoms with Crippen LogP contribution in [-0.4, -0.2) is 17.2 Å². The van der Waals surface area contributed by atoms with Crippen molar-refractivity contribution in [3.63, 3.8) is 0 Å². The Morgan fingerprint density at radius 2 is 1.95 bits per heavy atom. The molecule has 0 spiro atoms. The standard InChI is InChI=1S/C9H7NO.C7H5Br2NO/c1-2-7-3-4-9(11)8(5-7)6-10;8-4-1-2-5(7(10)11)6(9)3-4/h1,3-6,10-11H;1-3H,(H2,10,11). The predicted molar refractivity (Wildman–Crippen MR) is 94.3 cm³/mol. The Morgan fingerprint density at radius 1 is 1.27 bits per heavy atom. The van der Waals surface area contributed by atoms with E-state index in [1.54, 1.807) is 30.3 Å². The molecule has 2 aromatic carbocycles. The van der Waals surface area contributed by atoms with Crippen LogP contribution in [0.3, 0.4) is 0 Å². The highest BCUT2D eigenvalue weighted by Crippen LogP contribution is 2.21. The van der Waals surface area contributed by atoms with Crippen LogP contribution in [0.2, 0.25) is 0 Å². The average molecular weight is 424 g/mol. The van der Waals surface area contributed by atoms with Crippen LogP contribution in [-0.2, 0) is 0 Å². The molecule has 0 aliphatic heterocycles. The lowest BCUT2D eigenvalue weighted by Gasteiger charge is -1.98. The molecule has 0 unspecified atom stereocenters. The highest BCUT2D eigenvalue weighted by Gasteiger charge is 2.04. The van der Waals surface area contributed by atoms with Crippen LogP contribution in [0.1, 0.15) is 21.5 Å². The van der Waals surface area contributed by atoms with E-state index in [1.807, 2.05) is 0 Å². The summed E-state index contributed by atoms with van der Waals surface area (Å²) in [5.41, 5.74) is 6.69. The zero-order chi connectivity index (χ0) is 16.7. The first-order valence-corrected chi connectivity index (χ1v) is 7.52. The summed E-state index contributed by atoms with van der Waals surface area (Å²) in [4.78, 5) is 10.7. The first-order valence-electron chi connectivity index (χ1n) is 5.94. The predicted octanol–water partition coefficient (Wildman–Crippen LogP) is 3.68. The van der Waals surface area contributed by atoms with E-state index in [2.05, 4.69) is 37.8 Å². The molecule has 0 aromatic heterocycles. The number of terminal acetylenes is 1. The molecule has 1 amide bonds. The molecule has 0 fully saturated rings. The molecular weight excluding hydrogens is 412 g/mol. The maximum Gasteiger partial charge on any atom is 0.249 e. The van der Waals surface area contributed by atoms with Crippen molar-refractivity contribution in [2.24, 2.45) is 5.73 Å². The summed E-state index contributed by atoms with van der Waals surface area (Å²) in [6.07, 6.45) is 6.18. The van der Waals surface area contributed by atoms with Crippen molar-refractivity contribution in [2.45, 2.75) is 0 Å². The van der Waals surface area contributed by atoms with E-state index >= 15 is 0 Å². The molecular formula is C16H12Br2N2O2. The van der Waals surface area contributed by atoms with Gasteiger partial charge in [-0.15, -0.1) is 6.42 Å². The van der Waals surface area contributed by atoms with Crippen LogP contribution in [0.25, 0.3) is 0 Å². The Morgan fingerprint density at radius 3 is 2.45 bits per heavy atom. The summed E-state index contributed by atoms with van der Waals surface area (Å²) in [5, 5.41) is 16.0. The maximum atomic E-state index is 10.7. The van der Waals surface area contributed by atoms with Gasteiger partial charge in [-0.1, -0.05) is 21.9 Å². The minimum Gasteiger partial charge on any atom is -0.507 e. The van der Waals surface area contributed by atoms with E-state index < -0.39 is 5.91 Å². The van der Waals surface area contributed by atoms with Crippen LogP contribution in [0.5, 0.6) is 5.75 Å². The van der Waals surface area contributed by atoms with Gasteiger partial charge in [0.05, 0.1) is 5.56 Å². The number of primary amides is 1. The summed E-state index contributed by atoms with van der Waals surface area (Å²) in [5.74, 6) is 2.07. The average Bonchev–Trinajstić information content (AvgIpc) is 2.48. The van der Waals surface area contributed by atoms with Crippen molar-refractivity contribution >= 4 is 44.0 Å². The fourth-order valence-corrected chi connectivity index (χ4v) is 2.69. The zero-order valence-electron chi connectivity index (χ0n) is 11.3. The largest absolute Gasteiger partial charge is 0.507 e. The molecule has 0 aliphatic carbocycles. The number of halogens is 2. The second-order valence-electron chi connectivity index (χ2n) is 4.05. The van der Waals surface area contributed by atoms with Gasteiger partial charge in [0.15, 0.2) is 0 Å². The lowest BCUT2D eigenvalue weighted by molar-refractivity contribution is 0.0999. The lowest BCUT2D eigenvalue weighted by Crippen LogP contribution is -2.11. The minimum atomic E-state index is -0.427. The Bertz CT molecular complexity index is 752. The van der Waals surface area contributed by atoms with E-state index in [-0.39, 0.29) is 5.75 Å². The first-order chi connectivity index (χ1) is 10.4. The van der Waals surface area contributed by atoms with Gasteiger partial charge < -0.3 is 16.2 Å². The molecule has 4 N–H and O–H groups in total. The van der Waals surface area contributed by atoms with Gasteiger partial charge in [0.25, 0.3) is 0 Å². The van der Waals surface area contributed by atoms with Crippen molar-refractivity contribution in [2.75, 3.05) is 0 Å². The summed E-state index contributed by atoms with van der Waals surface area (Å²) < 4.78 is 1.62. The van der Waals surface area contributed by atoms with Gasteiger partial charge in [0.1, 0.15) is 5.75 Å². The Balaban J connectivity index is 0.000000220. The molecule has 0 bridgehead atoms. The van der Waals surface area contributed by atoms with Crippen LogP contribution in [0.15, 0.2) is 45.3 Å². The van der Waals surface area contributed by atoms with Crippen LogP contribution in [0, 0.1) is 17.8 Å². The van der Waals surface area contributed by atoms with Crippen molar-refractivity contribution in [1.29, 1.82) is 5.41 Å². The molecule has 0 saturated heterocycles. The molecule has 4 nitrogen and oxygen atoms in total. The summed E-state index contributed by atoms with van der Waals surface area (Å²) in [6.45, 7) is 0. The molecule has 0 atom stereocenters. The molecule has 112 valence electrons. The van der Waals surface area contributed by atoms with Gasteiger partial charge in [-0.25, -0.2) is 0 Å². The number of hydrogen-bond acceptors (Lipinski definition) is 3. The number of nitrogens with two attached hydrogens (primary N) is 1. The molecule has 0 heterocycles. The third kappa shape index (κ3) is 5.02. The van der Waals surface area contributed by atoms with Crippen molar-refractivity contribution in [3.05, 3.63) is 62.0 Å². The van der Waals surface area contributed by atoms with E-state index in [4.69, 9.17) is 22.7 Å². The fraction of sp³-hybridized carbons (Fsp3) is 0. The second kappa shape index (κ2) is 8.37. The Kier molecular flexibility index (Phi) is 6.83. The van der Waals surface area contributed by atoms with Crippen molar-refractivity contribution in [3.8, 4) is 18.1 Å². The highest BCUT2D eigenvalue weighted by molar-refractivity contribution is 9.11. The van der Waals surface area contributed by atoms with Gasteiger partial charge >= 0.3 is 0 Å². The SMILES string of the molecule is C#Cc1ccc(O)c(C=N)c1.NC(=O)c1ccc(Br)cc1Br. The molecule has 2 aromatic rings. The number of benzene rings is 2. The van der Waals surface area contributed by atoms with Crippen molar-refractivity contribution < 1.29 is 9.90 Å². The number of nitrogens with one attached hydrogen (secondary N) is 1. The number of phenolic OH excluding ortho intramolecular Hbond substituents is 1. The number of hydrogen-bond donors (Lipinski definition) is 3. The molecule has 0 aliphatic rings. The minimum absolute atomic E-state index is 0.0824. The molecule has 22 heavy (non-hydrogen) atoms. The Hall–Kier alpha value is -2.10. The van der Waals surface area contributed by atoms with Gasteiger partial charge in [-0.3, -0.25) is 4.79 Å². The van der Waals surface area contributed by atoms with Crippen molar-refractivity contribution in [1.82, 2.24) is 0 Å². The highest BCUT2D eigenvalue weighted by atomic mass is 79.9. The third-order valence-electron chi connectivity index (χ3n) is 2.55. The topological polar surface area (TPSA) is 87.2 Å². The summed E-state index contributed by atoms with van der Waals surface area (Å²) in [6, 6.07) is 9.90. The van der Waals surface area contributed by atoms with Gasteiger partial charge in [0, 0.05) is 26.3 Å². The van der Waals surface area contributed by atoms with Crippen LogP contribution < -0.4 is 5.73 Å². The lowest BCUT2D eigenvalue weighted by atomic mass is 10.1. The number of amides is 1. The van der Waals surface area contributed by atoms with E-state index in [0.29, 0.717) is 21.2 Å². The van der Waals surface area contributed by atoms with Gasteiger partial charge in [0.2, 0.25) is 5.91 Å². The quantitative estimate of drug-likeness (QED) is 0.508. The number of aromatic hydroxyl groups is 1. The molecule has 6 heteroatoms. The zero-order valence-corrected chi connectivity index (χ0v) is 14.5. The first kappa shape index (κ1) is 18.0. The smallest absolute Gasteiger partial charge is 0.249 e. The summed E-state index contributed by atoms with van der Waals surface area (Å²) in [7, 11) is 0. The number of carbonyl (C=O) groups excluding carboxylic acids is 1. The van der Waals surface area contributed by atoms with Gasteiger partial charge in [-0.2, -0.15) is 0 Å². The molecule has 0 radical (unpaired) electrons. The number of carbonyl (C=O) groups is 1. The Labute approximate surface area is 145 Å². The summed E-state index contributed by atoms with van der Waals surface area (Å²) >= 11 is 6.48. The maximum absolute atomic E-state index is 10.7. The van der Waals surface area contributed by atoms with E-state index in [0.717, 1.165) is 10.7 Å². The van der Waals surface area contributed by atoms with E-state index in [9.17, 15) is 4.79 Å². The monoisotopic (exact) mass is 422 g/mol. The number of phenols is 1. The van der Waals surface area contributed by atoms with Crippen LogP contribution >= 0.6 is 31.9 Å². The molecule has 2 rings (SSSR count). The normalized spacial score (nSPS) is 9.14. The molecule has 0 saturated carbocycles. The third-order valence-corrected chi connectivity index (χ3v) is 3.70.